The van der Waals surface area contributed by atoms with Crippen molar-refractivity contribution in [1.82, 2.24) is 14.5 Å². The van der Waals surface area contributed by atoms with Gasteiger partial charge in [-0.15, -0.1) is 0 Å². The fraction of sp³-hybridized carbons (Fsp3) is 0.571. The van der Waals surface area contributed by atoms with Crippen molar-refractivity contribution in [3.05, 3.63) is 38.3 Å². The van der Waals surface area contributed by atoms with E-state index in [9.17, 15) is 9.59 Å². The van der Waals surface area contributed by atoms with Crippen molar-refractivity contribution >= 4 is 44.5 Å². The average molecular weight is 499 g/mol. The van der Waals surface area contributed by atoms with Gasteiger partial charge in [-0.3, -0.25) is 9.36 Å². The number of benzene rings is 1. The van der Waals surface area contributed by atoms with Gasteiger partial charge in [0, 0.05) is 17.6 Å². The fourth-order valence-corrected chi connectivity index (χ4v) is 4.76. The van der Waals surface area contributed by atoms with Crippen LogP contribution in [0, 0.1) is 0 Å². The molecule has 1 spiro atoms. The lowest BCUT2D eigenvalue weighted by molar-refractivity contribution is -0.0486. The highest BCUT2D eigenvalue weighted by Gasteiger charge is 2.44. The van der Waals surface area contributed by atoms with Crippen LogP contribution in [-0.2, 0) is 9.47 Å². The average Bonchev–Trinajstić information content (AvgIpc) is 3.07. The van der Waals surface area contributed by atoms with E-state index < -0.39 is 5.60 Å². The second-order valence-corrected chi connectivity index (χ2v) is 10.3. The number of ether oxygens (including phenoxy) is 2. The minimum Gasteiger partial charge on any atom is -0.444 e. The minimum absolute atomic E-state index is 0.113. The number of amides is 1. The number of aromatic nitrogens is 2. The molecule has 4 rings (SSSR count). The lowest BCUT2D eigenvalue weighted by atomic mass is 9.87. The van der Waals surface area contributed by atoms with Crippen LogP contribution in [-0.4, -0.2) is 51.4 Å². The third-order valence-corrected chi connectivity index (χ3v) is 7.03. The monoisotopic (exact) mass is 497 g/mol. The molecule has 0 aliphatic carbocycles. The molecule has 0 saturated carbocycles. The number of halogens is 2. The molecule has 3 heterocycles. The molecular weight excluding hydrogens is 474 g/mol. The maximum atomic E-state index is 13.1. The predicted molar refractivity (Wildman–Crippen MR) is 118 cm³/mol. The molecule has 0 unspecified atom stereocenters. The van der Waals surface area contributed by atoms with Gasteiger partial charge in [0.15, 0.2) is 0 Å². The van der Waals surface area contributed by atoms with E-state index in [1.54, 1.807) is 27.9 Å². The van der Waals surface area contributed by atoms with Crippen molar-refractivity contribution in [3.8, 4) is 0 Å². The van der Waals surface area contributed by atoms with E-state index >= 15 is 0 Å². The van der Waals surface area contributed by atoms with Gasteiger partial charge in [-0.25, -0.2) is 9.78 Å². The second-order valence-electron chi connectivity index (χ2n) is 9.03. The molecule has 30 heavy (non-hydrogen) atoms. The van der Waals surface area contributed by atoms with Gasteiger partial charge in [0.2, 0.25) is 0 Å². The Morgan fingerprint density at radius 2 is 2.03 bits per heavy atom. The van der Waals surface area contributed by atoms with Gasteiger partial charge in [-0.1, -0.05) is 11.6 Å². The molecule has 2 fully saturated rings. The van der Waals surface area contributed by atoms with Gasteiger partial charge in [0.25, 0.3) is 5.56 Å². The molecule has 2 aliphatic rings. The Hall–Kier alpha value is -1.64. The Kier molecular flexibility index (Phi) is 5.61. The molecule has 1 aromatic heterocycles. The van der Waals surface area contributed by atoms with E-state index in [2.05, 4.69) is 20.9 Å². The normalized spacial score (nSPS) is 21.4. The minimum atomic E-state index is -0.512. The number of hydrogen-bond donors (Lipinski definition) is 0. The molecule has 1 aromatic carbocycles. The molecule has 1 atom stereocenters. The van der Waals surface area contributed by atoms with Crippen molar-refractivity contribution in [2.75, 3.05) is 19.7 Å². The zero-order chi connectivity index (χ0) is 21.7. The zero-order valence-electron chi connectivity index (χ0n) is 17.3. The Morgan fingerprint density at radius 3 is 2.70 bits per heavy atom. The number of carbonyl (C=O) groups is 1. The molecule has 2 saturated heterocycles. The van der Waals surface area contributed by atoms with Gasteiger partial charge in [0.05, 0.1) is 40.5 Å². The summed E-state index contributed by atoms with van der Waals surface area (Å²) in [6.45, 7) is 7.17. The van der Waals surface area contributed by atoms with Gasteiger partial charge >= 0.3 is 6.09 Å². The topological polar surface area (TPSA) is 73.7 Å². The van der Waals surface area contributed by atoms with Crippen molar-refractivity contribution in [2.24, 2.45) is 0 Å². The number of carbonyl (C=O) groups excluding carboxylic acids is 1. The number of fused-ring (bicyclic) bond motifs is 1. The zero-order valence-corrected chi connectivity index (χ0v) is 19.6. The first-order valence-corrected chi connectivity index (χ1v) is 11.2. The molecule has 9 heteroatoms. The van der Waals surface area contributed by atoms with Crippen LogP contribution < -0.4 is 5.56 Å². The maximum absolute atomic E-state index is 13.1. The molecule has 0 bridgehead atoms. The standard InChI is InChI=1S/C21H25BrClN3O4/c1-20(2,3)30-19(28)25-8-6-21(7-9-25)10-13(11-29-21)26-12-24-15-5-4-14(22)17(23)16(15)18(26)27/h4-5,12-13H,6-11H2,1-3H3/t13-/m0/s1. The lowest BCUT2D eigenvalue weighted by Gasteiger charge is -2.39. The maximum Gasteiger partial charge on any atom is 0.410 e. The SMILES string of the molecule is CC(C)(C)OC(=O)N1CCC2(CC1)C[C@H](n1cnc3ccc(Br)c(Cl)c3c1=O)CO2. The molecule has 2 aromatic rings. The first kappa shape index (κ1) is 21.6. The van der Waals surface area contributed by atoms with Crippen molar-refractivity contribution in [3.63, 3.8) is 0 Å². The summed E-state index contributed by atoms with van der Waals surface area (Å²) >= 11 is 9.74. The summed E-state index contributed by atoms with van der Waals surface area (Å²) in [5, 5.41) is 0.785. The summed E-state index contributed by atoms with van der Waals surface area (Å²) in [6, 6.07) is 3.45. The van der Waals surface area contributed by atoms with Gasteiger partial charge in [-0.05, 0) is 68.1 Å². The van der Waals surface area contributed by atoms with Gasteiger partial charge < -0.3 is 14.4 Å². The first-order valence-electron chi connectivity index (χ1n) is 10.1. The van der Waals surface area contributed by atoms with E-state index in [1.807, 2.05) is 20.8 Å². The largest absolute Gasteiger partial charge is 0.444 e. The molecular formula is C21H25BrClN3O4. The van der Waals surface area contributed by atoms with E-state index in [-0.39, 0.29) is 23.3 Å². The molecule has 0 radical (unpaired) electrons. The molecule has 162 valence electrons. The van der Waals surface area contributed by atoms with Crippen molar-refractivity contribution < 1.29 is 14.3 Å². The predicted octanol–water partition coefficient (Wildman–Crippen LogP) is 4.54. The Morgan fingerprint density at radius 1 is 1.33 bits per heavy atom. The van der Waals surface area contributed by atoms with E-state index in [4.69, 9.17) is 21.1 Å². The van der Waals surface area contributed by atoms with E-state index in [0.717, 1.165) is 0 Å². The number of piperidine rings is 1. The van der Waals surface area contributed by atoms with Crippen LogP contribution in [0.4, 0.5) is 4.79 Å². The first-order chi connectivity index (χ1) is 14.1. The van der Waals surface area contributed by atoms with Crippen LogP contribution in [0.25, 0.3) is 10.9 Å². The quantitative estimate of drug-likeness (QED) is 0.577. The summed E-state index contributed by atoms with van der Waals surface area (Å²) in [7, 11) is 0. The van der Waals surface area contributed by atoms with Crippen molar-refractivity contribution in [2.45, 2.75) is 57.3 Å². The smallest absolute Gasteiger partial charge is 0.410 e. The summed E-state index contributed by atoms with van der Waals surface area (Å²) in [4.78, 5) is 31.6. The van der Waals surface area contributed by atoms with Crippen LogP contribution in [0.2, 0.25) is 5.02 Å². The number of hydrogen-bond acceptors (Lipinski definition) is 5. The highest BCUT2D eigenvalue weighted by atomic mass is 79.9. The second kappa shape index (κ2) is 7.80. The van der Waals surface area contributed by atoms with Crippen LogP contribution in [0.15, 0.2) is 27.7 Å². The Labute approximate surface area is 188 Å². The summed E-state index contributed by atoms with van der Waals surface area (Å²) in [6.07, 6.45) is 3.42. The van der Waals surface area contributed by atoms with E-state index in [1.165, 1.54) is 0 Å². The van der Waals surface area contributed by atoms with Gasteiger partial charge in [0.1, 0.15) is 5.60 Å². The van der Waals surface area contributed by atoms with E-state index in [0.29, 0.717) is 59.4 Å². The van der Waals surface area contributed by atoms with Crippen LogP contribution in [0.3, 0.4) is 0 Å². The van der Waals surface area contributed by atoms with Crippen LogP contribution in [0.1, 0.15) is 46.1 Å². The third-order valence-electron chi connectivity index (χ3n) is 5.75. The highest BCUT2D eigenvalue weighted by molar-refractivity contribution is 9.10. The summed E-state index contributed by atoms with van der Waals surface area (Å²) in [5.41, 5.74) is -0.438. The van der Waals surface area contributed by atoms with Gasteiger partial charge in [-0.2, -0.15) is 0 Å². The van der Waals surface area contributed by atoms with Crippen LogP contribution in [0.5, 0.6) is 0 Å². The Balaban J connectivity index is 1.49. The molecule has 1 amide bonds. The number of rotatable bonds is 1. The van der Waals surface area contributed by atoms with Crippen LogP contribution >= 0.6 is 27.5 Å². The molecule has 2 aliphatic heterocycles. The molecule has 0 N–H and O–H groups in total. The summed E-state index contributed by atoms with van der Waals surface area (Å²) < 4.78 is 14.0. The van der Waals surface area contributed by atoms with Crippen molar-refractivity contribution in [1.29, 1.82) is 0 Å². The lowest BCUT2D eigenvalue weighted by Crippen LogP contribution is -2.48. The fourth-order valence-electron chi connectivity index (χ4n) is 4.19. The third kappa shape index (κ3) is 4.09. The summed E-state index contributed by atoms with van der Waals surface area (Å²) in [5.74, 6) is 0. The number of likely N-dealkylation sites (tertiary alicyclic amines) is 1. The highest BCUT2D eigenvalue weighted by Crippen LogP contribution is 2.40. The molecule has 7 nitrogen and oxygen atoms in total. The Bertz CT molecular complexity index is 1040. The number of nitrogens with zero attached hydrogens (tertiary/aromatic N) is 3.